The lowest BCUT2D eigenvalue weighted by Gasteiger charge is -2.06. The molecule has 1 N–H and O–H groups in total. The van der Waals surface area contributed by atoms with Gasteiger partial charge in [-0.25, -0.2) is 4.98 Å². The van der Waals surface area contributed by atoms with E-state index < -0.39 is 0 Å². The number of benzene rings is 1. The molecule has 0 aliphatic rings. The average Bonchev–Trinajstić information content (AvgIpc) is 3.18. The molecule has 20 heavy (non-hydrogen) atoms. The molecule has 0 spiro atoms. The molecule has 0 saturated carbocycles. The standard InChI is InChI=1S/C15H13N3OS/c19-15(17-10-14-2-1-9-20-14)12-3-5-13(6-4-12)18-8-7-16-11-18/h1-9,11H,10H2,(H,17,19). The second-order valence-electron chi connectivity index (χ2n) is 4.28. The molecule has 0 fully saturated rings. The Morgan fingerprint density at radius 3 is 2.75 bits per heavy atom. The van der Waals surface area contributed by atoms with Crippen LogP contribution in [0.25, 0.3) is 5.69 Å². The summed E-state index contributed by atoms with van der Waals surface area (Å²) < 4.78 is 1.90. The lowest BCUT2D eigenvalue weighted by molar-refractivity contribution is 0.0951. The summed E-state index contributed by atoms with van der Waals surface area (Å²) in [6, 6.07) is 11.4. The number of carbonyl (C=O) groups is 1. The first kappa shape index (κ1) is 12.6. The Bertz CT molecular complexity index is 673. The number of thiophene rings is 1. The summed E-state index contributed by atoms with van der Waals surface area (Å²) in [4.78, 5) is 17.2. The minimum atomic E-state index is -0.0596. The van der Waals surface area contributed by atoms with Crippen LogP contribution in [0.1, 0.15) is 15.2 Å². The Morgan fingerprint density at radius 2 is 2.10 bits per heavy atom. The van der Waals surface area contributed by atoms with Crippen LogP contribution in [0.2, 0.25) is 0 Å². The molecule has 2 heterocycles. The zero-order valence-corrected chi connectivity index (χ0v) is 11.5. The fraction of sp³-hybridized carbons (Fsp3) is 0.0667. The Labute approximate surface area is 120 Å². The topological polar surface area (TPSA) is 46.9 Å². The third kappa shape index (κ3) is 2.78. The summed E-state index contributed by atoms with van der Waals surface area (Å²) in [5.74, 6) is -0.0596. The number of rotatable bonds is 4. The number of hydrogen-bond donors (Lipinski definition) is 1. The van der Waals surface area contributed by atoms with E-state index in [1.807, 2.05) is 52.5 Å². The average molecular weight is 283 g/mol. The zero-order valence-electron chi connectivity index (χ0n) is 10.7. The second-order valence-corrected chi connectivity index (χ2v) is 5.31. The SMILES string of the molecule is O=C(NCc1cccs1)c1ccc(-n2ccnc2)cc1. The van der Waals surface area contributed by atoms with E-state index in [0.717, 1.165) is 10.6 Å². The molecule has 0 saturated heterocycles. The van der Waals surface area contributed by atoms with E-state index in [-0.39, 0.29) is 5.91 Å². The van der Waals surface area contributed by atoms with Crippen LogP contribution in [-0.2, 0) is 6.54 Å². The van der Waals surface area contributed by atoms with E-state index in [2.05, 4.69) is 10.3 Å². The first-order valence-corrected chi connectivity index (χ1v) is 7.10. The van der Waals surface area contributed by atoms with Gasteiger partial charge in [0.2, 0.25) is 0 Å². The largest absolute Gasteiger partial charge is 0.347 e. The molecule has 0 unspecified atom stereocenters. The molecule has 4 nitrogen and oxygen atoms in total. The number of aromatic nitrogens is 2. The van der Waals surface area contributed by atoms with Crippen LogP contribution >= 0.6 is 11.3 Å². The minimum absolute atomic E-state index is 0.0596. The molecule has 1 aromatic carbocycles. The normalized spacial score (nSPS) is 10.4. The van der Waals surface area contributed by atoms with Crippen molar-refractivity contribution >= 4 is 17.2 Å². The number of imidazole rings is 1. The van der Waals surface area contributed by atoms with Crippen LogP contribution in [0.5, 0.6) is 0 Å². The summed E-state index contributed by atoms with van der Waals surface area (Å²) >= 11 is 1.64. The molecule has 2 aromatic heterocycles. The molecule has 1 amide bonds. The van der Waals surface area contributed by atoms with Gasteiger partial charge in [-0.3, -0.25) is 4.79 Å². The van der Waals surface area contributed by atoms with Gasteiger partial charge in [-0.05, 0) is 35.7 Å². The van der Waals surface area contributed by atoms with E-state index in [0.29, 0.717) is 12.1 Å². The third-order valence-corrected chi connectivity index (χ3v) is 3.81. The molecule has 3 aromatic rings. The van der Waals surface area contributed by atoms with Crippen molar-refractivity contribution in [1.29, 1.82) is 0 Å². The molecule has 0 aliphatic heterocycles. The third-order valence-electron chi connectivity index (χ3n) is 2.94. The smallest absolute Gasteiger partial charge is 0.251 e. The maximum Gasteiger partial charge on any atom is 0.251 e. The summed E-state index contributed by atoms with van der Waals surface area (Å²) in [5.41, 5.74) is 1.64. The predicted octanol–water partition coefficient (Wildman–Crippen LogP) is 2.86. The summed E-state index contributed by atoms with van der Waals surface area (Å²) in [7, 11) is 0. The Hall–Kier alpha value is -2.40. The van der Waals surface area contributed by atoms with Crippen LogP contribution in [0.4, 0.5) is 0 Å². The number of amides is 1. The lowest BCUT2D eigenvalue weighted by Crippen LogP contribution is -2.22. The van der Waals surface area contributed by atoms with Gasteiger partial charge >= 0.3 is 0 Å². The van der Waals surface area contributed by atoms with E-state index in [1.165, 1.54) is 0 Å². The van der Waals surface area contributed by atoms with Crippen molar-refractivity contribution in [3.8, 4) is 5.69 Å². The van der Waals surface area contributed by atoms with Crippen LogP contribution in [0.3, 0.4) is 0 Å². The fourth-order valence-electron chi connectivity index (χ4n) is 1.88. The molecule has 0 bridgehead atoms. The zero-order chi connectivity index (χ0) is 13.8. The van der Waals surface area contributed by atoms with E-state index in [1.54, 1.807) is 23.9 Å². The Morgan fingerprint density at radius 1 is 1.25 bits per heavy atom. The van der Waals surface area contributed by atoms with Crippen molar-refractivity contribution in [2.45, 2.75) is 6.54 Å². The van der Waals surface area contributed by atoms with Crippen LogP contribution < -0.4 is 5.32 Å². The maximum atomic E-state index is 12.0. The van der Waals surface area contributed by atoms with Crippen molar-refractivity contribution in [3.63, 3.8) is 0 Å². The summed E-state index contributed by atoms with van der Waals surface area (Å²) in [6.07, 6.45) is 5.32. The highest BCUT2D eigenvalue weighted by atomic mass is 32.1. The molecule has 0 aliphatic carbocycles. The molecule has 100 valence electrons. The first-order chi connectivity index (χ1) is 9.83. The van der Waals surface area contributed by atoms with E-state index in [9.17, 15) is 4.79 Å². The fourth-order valence-corrected chi connectivity index (χ4v) is 2.52. The van der Waals surface area contributed by atoms with Crippen molar-refractivity contribution in [2.75, 3.05) is 0 Å². The molecule has 5 heteroatoms. The predicted molar refractivity (Wildman–Crippen MR) is 79.1 cm³/mol. The van der Waals surface area contributed by atoms with Crippen molar-refractivity contribution in [2.24, 2.45) is 0 Å². The summed E-state index contributed by atoms with van der Waals surface area (Å²) in [6.45, 7) is 0.569. The van der Waals surface area contributed by atoms with Crippen LogP contribution in [0.15, 0.2) is 60.5 Å². The van der Waals surface area contributed by atoms with Crippen molar-refractivity contribution < 1.29 is 4.79 Å². The van der Waals surface area contributed by atoms with E-state index in [4.69, 9.17) is 0 Å². The van der Waals surface area contributed by atoms with Crippen molar-refractivity contribution in [1.82, 2.24) is 14.9 Å². The van der Waals surface area contributed by atoms with Gasteiger partial charge in [0, 0.05) is 28.5 Å². The second kappa shape index (κ2) is 5.71. The maximum absolute atomic E-state index is 12.0. The minimum Gasteiger partial charge on any atom is -0.347 e. The van der Waals surface area contributed by atoms with E-state index >= 15 is 0 Å². The quantitative estimate of drug-likeness (QED) is 0.800. The van der Waals surface area contributed by atoms with Gasteiger partial charge in [-0.1, -0.05) is 6.07 Å². The number of nitrogens with one attached hydrogen (secondary N) is 1. The monoisotopic (exact) mass is 283 g/mol. The highest BCUT2D eigenvalue weighted by molar-refractivity contribution is 7.09. The first-order valence-electron chi connectivity index (χ1n) is 6.22. The number of nitrogens with zero attached hydrogens (tertiary/aromatic N) is 2. The molecule has 0 radical (unpaired) electrons. The van der Waals surface area contributed by atoms with Crippen LogP contribution in [0, 0.1) is 0 Å². The number of hydrogen-bond acceptors (Lipinski definition) is 3. The Kier molecular flexibility index (Phi) is 3.60. The molecule has 3 rings (SSSR count). The van der Waals surface area contributed by atoms with Gasteiger partial charge < -0.3 is 9.88 Å². The highest BCUT2D eigenvalue weighted by Gasteiger charge is 2.05. The number of carbonyl (C=O) groups excluding carboxylic acids is 1. The van der Waals surface area contributed by atoms with Crippen molar-refractivity contribution in [3.05, 3.63) is 70.9 Å². The summed E-state index contributed by atoms with van der Waals surface area (Å²) in [5, 5.41) is 4.91. The van der Waals surface area contributed by atoms with Crippen LogP contribution in [-0.4, -0.2) is 15.5 Å². The molecular formula is C15H13N3OS. The molecular weight excluding hydrogens is 270 g/mol. The van der Waals surface area contributed by atoms with Gasteiger partial charge in [-0.15, -0.1) is 11.3 Å². The molecule has 0 atom stereocenters. The Balaban J connectivity index is 1.66. The van der Waals surface area contributed by atoms with Gasteiger partial charge in [0.05, 0.1) is 12.9 Å². The van der Waals surface area contributed by atoms with Gasteiger partial charge in [0.1, 0.15) is 0 Å². The highest BCUT2D eigenvalue weighted by Crippen LogP contribution is 2.11. The van der Waals surface area contributed by atoms with Gasteiger partial charge in [0.25, 0.3) is 5.91 Å². The van der Waals surface area contributed by atoms with Gasteiger partial charge in [0.15, 0.2) is 0 Å². The lowest BCUT2D eigenvalue weighted by atomic mass is 10.2. The van der Waals surface area contributed by atoms with Gasteiger partial charge in [-0.2, -0.15) is 0 Å².